The second-order valence-corrected chi connectivity index (χ2v) is 9.13. The molecule has 0 saturated heterocycles. The van der Waals surface area contributed by atoms with Gasteiger partial charge >= 0.3 is 12.1 Å². The highest BCUT2D eigenvalue weighted by Crippen LogP contribution is 2.23. The van der Waals surface area contributed by atoms with Gasteiger partial charge < -0.3 is 14.8 Å². The van der Waals surface area contributed by atoms with E-state index in [4.69, 9.17) is 9.47 Å². The normalized spacial score (nSPS) is 14.6. The molecule has 0 fully saturated rings. The third-order valence-electron chi connectivity index (χ3n) is 5.01. The van der Waals surface area contributed by atoms with Gasteiger partial charge in [-0.05, 0) is 62.8 Å². The molecule has 34 heavy (non-hydrogen) atoms. The second kappa shape index (κ2) is 11.5. The quantitative estimate of drug-likeness (QED) is 0.555. The minimum Gasteiger partial charge on any atom is -0.460 e. The highest BCUT2D eigenvalue weighted by Gasteiger charge is 2.28. The van der Waals surface area contributed by atoms with Crippen molar-refractivity contribution in [3.05, 3.63) is 47.8 Å². The molecule has 10 nitrogen and oxygen atoms in total. The second-order valence-electron chi connectivity index (χ2n) is 9.13. The topological polar surface area (TPSA) is 125 Å². The molecule has 1 atom stereocenters. The Morgan fingerprint density at radius 1 is 1.15 bits per heavy atom. The van der Waals surface area contributed by atoms with E-state index in [0.717, 1.165) is 36.8 Å². The van der Waals surface area contributed by atoms with Crippen LogP contribution in [0.25, 0.3) is 5.57 Å². The molecule has 3 rings (SSSR count). The maximum absolute atomic E-state index is 13.0. The molecule has 1 aliphatic carbocycles. The first-order valence-corrected chi connectivity index (χ1v) is 11.4. The molecule has 1 aliphatic rings. The van der Waals surface area contributed by atoms with Crippen molar-refractivity contribution in [2.24, 2.45) is 0 Å². The number of hydrogen-bond acceptors (Lipinski definition) is 8. The van der Waals surface area contributed by atoms with Crippen molar-refractivity contribution in [2.75, 3.05) is 0 Å². The molecule has 1 aromatic heterocycles. The summed E-state index contributed by atoms with van der Waals surface area (Å²) in [5.41, 5.74) is 1.08. The Bertz CT molecular complexity index is 1030. The van der Waals surface area contributed by atoms with Gasteiger partial charge in [0.2, 0.25) is 5.82 Å². The maximum Gasteiger partial charge on any atom is 0.408 e. The Morgan fingerprint density at radius 3 is 2.59 bits per heavy atom. The molecule has 1 heterocycles. The van der Waals surface area contributed by atoms with E-state index in [1.54, 1.807) is 20.8 Å². The van der Waals surface area contributed by atoms with E-state index in [2.05, 4.69) is 26.8 Å². The molecule has 2 aromatic rings. The highest BCUT2D eigenvalue weighted by molar-refractivity contribution is 5.90. The fourth-order valence-electron chi connectivity index (χ4n) is 3.43. The number of tetrazole rings is 1. The largest absolute Gasteiger partial charge is 0.460 e. The zero-order chi connectivity index (χ0) is 24.6. The summed E-state index contributed by atoms with van der Waals surface area (Å²) in [7, 11) is 0. The lowest BCUT2D eigenvalue weighted by molar-refractivity contribution is -0.156. The number of ketones is 1. The summed E-state index contributed by atoms with van der Waals surface area (Å²) in [5.74, 6) is -0.593. The van der Waals surface area contributed by atoms with E-state index in [1.165, 1.54) is 4.80 Å². The summed E-state index contributed by atoms with van der Waals surface area (Å²) in [6, 6.07) is 7.97. The van der Waals surface area contributed by atoms with Gasteiger partial charge in [-0.2, -0.15) is 4.80 Å². The lowest BCUT2D eigenvalue weighted by Crippen LogP contribution is -2.45. The van der Waals surface area contributed by atoms with Crippen molar-refractivity contribution in [3.63, 3.8) is 0 Å². The summed E-state index contributed by atoms with van der Waals surface area (Å²) in [6.45, 7) is 4.95. The van der Waals surface area contributed by atoms with Gasteiger partial charge in [0.05, 0.1) is 6.42 Å². The number of benzene rings is 1. The molecule has 10 heteroatoms. The predicted octanol–water partition coefficient (Wildman–Crippen LogP) is 3.23. The minimum atomic E-state index is -1.17. The summed E-state index contributed by atoms with van der Waals surface area (Å²) in [6.07, 6.45) is 4.96. The maximum atomic E-state index is 13.0. The average Bonchev–Trinajstić information content (AvgIpc) is 3.26. The van der Waals surface area contributed by atoms with Crippen LogP contribution in [-0.4, -0.2) is 49.7 Å². The third kappa shape index (κ3) is 8.09. The van der Waals surface area contributed by atoms with E-state index in [9.17, 15) is 14.4 Å². The Hall–Kier alpha value is -3.56. The van der Waals surface area contributed by atoms with Crippen molar-refractivity contribution in [1.29, 1.82) is 0 Å². The lowest BCUT2D eigenvalue weighted by atomic mass is 9.99. The van der Waals surface area contributed by atoms with Crippen molar-refractivity contribution in [3.8, 4) is 0 Å². The molecule has 0 saturated carbocycles. The molecule has 182 valence electrons. The van der Waals surface area contributed by atoms with Crippen LogP contribution in [0.4, 0.5) is 4.79 Å². The van der Waals surface area contributed by atoms with Gasteiger partial charge in [-0.15, -0.1) is 10.2 Å². The number of ether oxygens (including phenoxy) is 2. The van der Waals surface area contributed by atoms with Crippen LogP contribution >= 0.6 is 0 Å². The summed E-state index contributed by atoms with van der Waals surface area (Å²) >= 11 is 0. The Labute approximate surface area is 198 Å². The molecule has 1 N–H and O–H groups in total. The van der Waals surface area contributed by atoms with Crippen molar-refractivity contribution >= 4 is 23.4 Å². The summed E-state index contributed by atoms with van der Waals surface area (Å²) < 4.78 is 10.5. The molecule has 1 aromatic carbocycles. The van der Waals surface area contributed by atoms with E-state index in [1.807, 2.05) is 30.3 Å². The minimum absolute atomic E-state index is 0.0309. The third-order valence-corrected chi connectivity index (χ3v) is 5.01. The van der Waals surface area contributed by atoms with Crippen LogP contribution in [0.5, 0.6) is 0 Å². The van der Waals surface area contributed by atoms with Crippen LogP contribution in [-0.2, 0) is 32.2 Å². The number of nitrogens with zero attached hydrogens (tertiary/aromatic N) is 4. The first-order valence-electron chi connectivity index (χ1n) is 11.4. The van der Waals surface area contributed by atoms with E-state index < -0.39 is 29.5 Å². The molecule has 1 amide bonds. The summed E-state index contributed by atoms with van der Waals surface area (Å²) in [5, 5.41) is 14.8. The number of hydrogen-bond donors (Lipinski definition) is 1. The van der Waals surface area contributed by atoms with Crippen LogP contribution in [0.1, 0.15) is 64.3 Å². The van der Waals surface area contributed by atoms with Crippen LogP contribution in [0, 0.1) is 0 Å². The fourth-order valence-corrected chi connectivity index (χ4v) is 3.43. The van der Waals surface area contributed by atoms with Crippen LogP contribution in [0.15, 0.2) is 36.4 Å². The van der Waals surface area contributed by atoms with Crippen molar-refractivity contribution in [2.45, 2.75) is 77.7 Å². The van der Waals surface area contributed by atoms with Crippen LogP contribution in [0.2, 0.25) is 0 Å². The van der Waals surface area contributed by atoms with Gasteiger partial charge in [-0.3, -0.25) is 9.59 Å². The molecule has 0 bridgehead atoms. The fraction of sp³-hybridized carbons (Fsp3) is 0.500. The van der Waals surface area contributed by atoms with E-state index >= 15 is 0 Å². The molecule has 0 radical (unpaired) electrons. The number of esters is 1. The number of carbonyl (C=O) groups is 3. The van der Waals surface area contributed by atoms with Gasteiger partial charge in [-0.1, -0.05) is 36.4 Å². The zero-order valence-electron chi connectivity index (χ0n) is 19.8. The van der Waals surface area contributed by atoms with Crippen LogP contribution in [0.3, 0.4) is 0 Å². The number of amides is 1. The van der Waals surface area contributed by atoms with Gasteiger partial charge in [0.1, 0.15) is 24.8 Å². The lowest BCUT2D eigenvalue weighted by Gasteiger charge is -2.22. The average molecular weight is 470 g/mol. The number of aromatic nitrogens is 4. The molecule has 0 aliphatic heterocycles. The van der Waals surface area contributed by atoms with E-state index in [0.29, 0.717) is 5.82 Å². The number of Topliss-reactive ketones (excluding diaryl/α,β-unsaturated/α-hetero) is 1. The number of rotatable bonds is 9. The zero-order valence-corrected chi connectivity index (χ0v) is 19.8. The number of alkyl carbamates (subject to hydrolysis) is 1. The van der Waals surface area contributed by atoms with E-state index in [-0.39, 0.29) is 19.6 Å². The monoisotopic (exact) mass is 469 g/mol. The SMILES string of the molecule is CC(C)(C)OC(=O)CC(NC(=O)OCc1ccccc1)C(=O)Cn1nnc(C2=CCCCC2)n1. The van der Waals surface area contributed by atoms with Gasteiger partial charge in [0.15, 0.2) is 5.78 Å². The standard InChI is InChI=1S/C24H31N5O5/c1-24(2,3)34-21(31)14-19(25-23(32)33-16-17-10-6-4-7-11-17)20(30)15-29-27-22(26-28-29)18-12-8-5-9-13-18/h4,6-7,10-12,19H,5,8-9,13-16H2,1-3H3,(H,25,32). The van der Waals surface area contributed by atoms with Crippen molar-refractivity contribution < 1.29 is 23.9 Å². The molecular weight excluding hydrogens is 438 g/mol. The highest BCUT2D eigenvalue weighted by atomic mass is 16.6. The van der Waals surface area contributed by atoms with Crippen molar-refractivity contribution in [1.82, 2.24) is 25.5 Å². The Kier molecular flexibility index (Phi) is 8.50. The van der Waals surface area contributed by atoms with Gasteiger partial charge in [0.25, 0.3) is 0 Å². The van der Waals surface area contributed by atoms with Gasteiger partial charge in [0, 0.05) is 0 Å². The first-order chi connectivity index (χ1) is 16.2. The predicted molar refractivity (Wildman–Crippen MR) is 123 cm³/mol. The molecule has 1 unspecified atom stereocenters. The Balaban J connectivity index is 1.64. The smallest absolute Gasteiger partial charge is 0.408 e. The number of nitrogens with one attached hydrogen (secondary N) is 1. The van der Waals surface area contributed by atoms with Gasteiger partial charge in [-0.25, -0.2) is 4.79 Å². The Morgan fingerprint density at radius 2 is 1.91 bits per heavy atom. The molecular formula is C24H31N5O5. The van der Waals surface area contributed by atoms with Crippen LogP contribution < -0.4 is 5.32 Å². The summed E-state index contributed by atoms with van der Waals surface area (Å²) in [4.78, 5) is 38.9. The number of carbonyl (C=O) groups excluding carboxylic acids is 3. The first kappa shape index (κ1) is 25.1. The number of allylic oxidation sites excluding steroid dienone is 2. The molecule has 0 spiro atoms.